The number of carboxylic acid groups (broad SMARTS) is 1. The van der Waals surface area contributed by atoms with Crippen LogP contribution in [0, 0.1) is 18.7 Å². The van der Waals surface area contributed by atoms with E-state index in [1.54, 1.807) is 6.07 Å². The maximum absolute atomic E-state index is 14.1. The van der Waals surface area contributed by atoms with E-state index in [1.807, 2.05) is 25.3 Å². The van der Waals surface area contributed by atoms with Crippen LogP contribution >= 0.6 is 0 Å². The van der Waals surface area contributed by atoms with E-state index >= 15 is 0 Å². The van der Waals surface area contributed by atoms with Gasteiger partial charge in [-0.1, -0.05) is 36.4 Å². The van der Waals surface area contributed by atoms with Crippen LogP contribution in [0.4, 0.5) is 10.1 Å². The van der Waals surface area contributed by atoms with E-state index in [2.05, 4.69) is 45.9 Å². The average molecular weight is 434 g/mol. The number of aliphatic carboxylic acids is 1. The van der Waals surface area contributed by atoms with Crippen molar-refractivity contribution in [2.75, 3.05) is 18.4 Å². The summed E-state index contributed by atoms with van der Waals surface area (Å²) in [5, 5.41) is 16.3. The number of anilines is 1. The first-order valence-corrected chi connectivity index (χ1v) is 11.0. The van der Waals surface area contributed by atoms with Crippen molar-refractivity contribution in [2.24, 2.45) is 5.92 Å². The number of nitrogens with one attached hydrogen (secondary N) is 2. The van der Waals surface area contributed by atoms with Crippen LogP contribution in [0.3, 0.4) is 0 Å². The Morgan fingerprint density at radius 2 is 2.03 bits per heavy atom. The zero-order valence-electron chi connectivity index (χ0n) is 18.1. The molecule has 0 bridgehead atoms. The molecular formula is C26H28FN3O2. The predicted octanol–water partition coefficient (Wildman–Crippen LogP) is 4.31. The van der Waals surface area contributed by atoms with Crippen LogP contribution in [-0.2, 0) is 24.1 Å². The Labute approximate surface area is 187 Å². The summed E-state index contributed by atoms with van der Waals surface area (Å²) in [5.74, 6) is -1.15. The largest absolute Gasteiger partial charge is 0.481 e. The molecule has 0 saturated heterocycles. The maximum Gasteiger partial charge on any atom is 0.307 e. The normalized spacial score (nSPS) is 16.1. The van der Waals surface area contributed by atoms with E-state index in [1.165, 1.54) is 11.6 Å². The van der Waals surface area contributed by atoms with Gasteiger partial charge in [-0.05, 0) is 66.8 Å². The number of nitrogens with zero attached hydrogens (tertiary/aromatic N) is 1. The second kappa shape index (κ2) is 9.92. The molecule has 0 aliphatic carbocycles. The zero-order chi connectivity index (χ0) is 22.5. The standard InChI is InChI=1S/C26H28FN3O2/c1-17-12-22(27)20(15-25(31)32)13-19(17)9-11-29-26(18-6-3-2-4-7-18)21-14-24-23(30-16-21)8-5-10-28-24/h2-8,10,12-13,21,26,29-30H,9,11,14-16H2,1H3,(H,31,32)/t21-,26-/m1/s1. The zero-order valence-corrected chi connectivity index (χ0v) is 18.1. The lowest BCUT2D eigenvalue weighted by molar-refractivity contribution is -0.136. The summed E-state index contributed by atoms with van der Waals surface area (Å²) < 4.78 is 14.1. The molecule has 32 heavy (non-hydrogen) atoms. The third-order valence-electron chi connectivity index (χ3n) is 6.14. The van der Waals surface area contributed by atoms with E-state index < -0.39 is 11.8 Å². The molecule has 0 amide bonds. The minimum Gasteiger partial charge on any atom is -0.481 e. The number of aryl methyl sites for hydroxylation is 1. The van der Waals surface area contributed by atoms with Crippen molar-refractivity contribution in [3.8, 4) is 0 Å². The molecular weight excluding hydrogens is 405 g/mol. The van der Waals surface area contributed by atoms with Gasteiger partial charge in [0.1, 0.15) is 5.82 Å². The van der Waals surface area contributed by atoms with Crippen LogP contribution in [-0.4, -0.2) is 29.1 Å². The first-order valence-electron chi connectivity index (χ1n) is 11.0. The molecule has 0 saturated carbocycles. The highest BCUT2D eigenvalue weighted by molar-refractivity contribution is 5.70. The smallest absolute Gasteiger partial charge is 0.307 e. The molecule has 2 atom stereocenters. The van der Waals surface area contributed by atoms with Crippen LogP contribution in [0.25, 0.3) is 0 Å². The van der Waals surface area contributed by atoms with Gasteiger partial charge in [0.15, 0.2) is 0 Å². The van der Waals surface area contributed by atoms with Crippen LogP contribution in [0.5, 0.6) is 0 Å². The number of hydrogen-bond donors (Lipinski definition) is 3. The Morgan fingerprint density at radius 1 is 1.22 bits per heavy atom. The topological polar surface area (TPSA) is 74.2 Å². The molecule has 166 valence electrons. The number of aromatic nitrogens is 1. The highest BCUT2D eigenvalue weighted by Crippen LogP contribution is 2.31. The molecule has 0 unspecified atom stereocenters. The lowest BCUT2D eigenvalue weighted by Gasteiger charge is -2.33. The first-order chi connectivity index (χ1) is 15.5. The van der Waals surface area contributed by atoms with E-state index in [9.17, 15) is 9.18 Å². The number of carbonyl (C=O) groups is 1. The molecule has 1 aromatic heterocycles. The third-order valence-corrected chi connectivity index (χ3v) is 6.14. The van der Waals surface area contributed by atoms with Crippen molar-refractivity contribution in [3.05, 3.63) is 94.6 Å². The molecule has 6 heteroatoms. The second-order valence-electron chi connectivity index (χ2n) is 8.38. The molecule has 2 aromatic carbocycles. The molecule has 3 N–H and O–H groups in total. The lowest BCUT2D eigenvalue weighted by Crippen LogP contribution is -2.37. The second-order valence-corrected chi connectivity index (χ2v) is 8.38. The fourth-order valence-electron chi connectivity index (χ4n) is 4.47. The fourth-order valence-corrected chi connectivity index (χ4v) is 4.47. The quantitative estimate of drug-likeness (QED) is 0.494. The summed E-state index contributed by atoms with van der Waals surface area (Å²) in [6.45, 7) is 3.42. The predicted molar refractivity (Wildman–Crippen MR) is 123 cm³/mol. The minimum absolute atomic E-state index is 0.137. The van der Waals surface area contributed by atoms with Crippen molar-refractivity contribution in [3.63, 3.8) is 0 Å². The highest BCUT2D eigenvalue weighted by atomic mass is 19.1. The van der Waals surface area contributed by atoms with Gasteiger partial charge in [-0.3, -0.25) is 9.78 Å². The number of halogens is 1. The van der Waals surface area contributed by atoms with Crippen LogP contribution < -0.4 is 10.6 Å². The Bertz CT molecular complexity index is 1090. The number of carboxylic acids is 1. The van der Waals surface area contributed by atoms with Gasteiger partial charge in [-0.25, -0.2) is 4.39 Å². The Balaban J connectivity index is 1.49. The van der Waals surface area contributed by atoms with E-state index in [-0.39, 0.29) is 18.0 Å². The van der Waals surface area contributed by atoms with Gasteiger partial charge in [0.25, 0.3) is 0 Å². The van der Waals surface area contributed by atoms with E-state index in [0.717, 1.165) is 35.5 Å². The number of hydrogen-bond acceptors (Lipinski definition) is 4. The molecule has 1 aliphatic rings. The van der Waals surface area contributed by atoms with Gasteiger partial charge in [-0.15, -0.1) is 0 Å². The number of pyridine rings is 1. The van der Waals surface area contributed by atoms with Crippen LogP contribution in [0.1, 0.15) is 34.0 Å². The first kappa shape index (κ1) is 22.0. The summed E-state index contributed by atoms with van der Waals surface area (Å²) >= 11 is 0. The Hall–Kier alpha value is -3.25. The van der Waals surface area contributed by atoms with Crippen LogP contribution in [0.2, 0.25) is 0 Å². The van der Waals surface area contributed by atoms with Gasteiger partial charge in [0.2, 0.25) is 0 Å². The summed E-state index contributed by atoms with van der Waals surface area (Å²) in [7, 11) is 0. The summed E-state index contributed by atoms with van der Waals surface area (Å²) in [5.41, 5.74) is 5.45. The highest BCUT2D eigenvalue weighted by Gasteiger charge is 2.27. The van der Waals surface area contributed by atoms with Gasteiger partial charge >= 0.3 is 5.97 Å². The minimum atomic E-state index is -1.03. The van der Waals surface area contributed by atoms with E-state index in [0.29, 0.717) is 18.9 Å². The molecule has 5 nitrogen and oxygen atoms in total. The SMILES string of the molecule is Cc1cc(F)c(CC(=O)O)cc1CCN[C@H](c1ccccc1)[C@H]1CNc2cccnc2C1. The molecule has 2 heterocycles. The third kappa shape index (κ3) is 5.14. The van der Waals surface area contributed by atoms with Crippen molar-refractivity contribution in [1.29, 1.82) is 0 Å². The summed E-state index contributed by atoms with van der Waals surface area (Å²) in [6, 6.07) is 17.7. The van der Waals surface area contributed by atoms with Gasteiger partial charge in [0, 0.05) is 24.7 Å². The molecule has 3 aromatic rings. The number of fused-ring (bicyclic) bond motifs is 1. The van der Waals surface area contributed by atoms with Gasteiger partial charge in [-0.2, -0.15) is 0 Å². The van der Waals surface area contributed by atoms with Gasteiger partial charge in [0.05, 0.1) is 17.8 Å². The molecule has 1 aliphatic heterocycles. The van der Waals surface area contributed by atoms with E-state index in [4.69, 9.17) is 5.11 Å². The van der Waals surface area contributed by atoms with Crippen molar-refractivity contribution < 1.29 is 14.3 Å². The number of rotatable bonds is 8. The monoisotopic (exact) mass is 433 g/mol. The Kier molecular flexibility index (Phi) is 6.81. The Morgan fingerprint density at radius 3 is 2.81 bits per heavy atom. The molecule has 0 fully saturated rings. The van der Waals surface area contributed by atoms with Crippen molar-refractivity contribution in [1.82, 2.24) is 10.3 Å². The number of benzene rings is 2. The fraction of sp³-hybridized carbons (Fsp3) is 0.308. The molecule has 0 radical (unpaired) electrons. The van der Waals surface area contributed by atoms with Crippen molar-refractivity contribution in [2.45, 2.75) is 32.2 Å². The van der Waals surface area contributed by atoms with Gasteiger partial charge < -0.3 is 15.7 Å². The van der Waals surface area contributed by atoms with Crippen molar-refractivity contribution >= 4 is 11.7 Å². The molecule has 4 rings (SSSR count). The molecule has 0 spiro atoms. The average Bonchev–Trinajstić information content (AvgIpc) is 2.79. The summed E-state index contributed by atoms with van der Waals surface area (Å²) in [6.07, 6.45) is 3.10. The maximum atomic E-state index is 14.1. The lowest BCUT2D eigenvalue weighted by atomic mass is 9.86. The summed E-state index contributed by atoms with van der Waals surface area (Å²) in [4.78, 5) is 15.6. The van der Waals surface area contributed by atoms with Crippen LogP contribution in [0.15, 0.2) is 60.8 Å².